The lowest BCUT2D eigenvalue weighted by Gasteiger charge is -2.21. The first kappa shape index (κ1) is 19.0. The van der Waals surface area contributed by atoms with Gasteiger partial charge in [-0.2, -0.15) is 0 Å². The average molecular weight is 369 g/mol. The molecule has 0 atom stereocenters. The van der Waals surface area contributed by atoms with Crippen molar-refractivity contribution in [1.29, 1.82) is 0 Å². The van der Waals surface area contributed by atoms with Crippen molar-refractivity contribution in [3.8, 4) is 0 Å². The first-order chi connectivity index (χ1) is 13.0. The molecular formula is C21H24FN3O2. The molecule has 1 aliphatic rings. The van der Waals surface area contributed by atoms with Crippen LogP contribution < -0.4 is 10.6 Å². The van der Waals surface area contributed by atoms with Crippen LogP contribution in [0.15, 0.2) is 42.5 Å². The van der Waals surface area contributed by atoms with Gasteiger partial charge in [0.05, 0.1) is 5.69 Å². The van der Waals surface area contributed by atoms with E-state index in [4.69, 9.17) is 0 Å². The van der Waals surface area contributed by atoms with Crippen molar-refractivity contribution in [3.05, 3.63) is 65.0 Å². The Morgan fingerprint density at radius 3 is 2.70 bits per heavy atom. The van der Waals surface area contributed by atoms with Gasteiger partial charge in [-0.25, -0.2) is 4.39 Å². The van der Waals surface area contributed by atoms with E-state index in [1.807, 2.05) is 36.4 Å². The normalized spacial score (nSPS) is 13.0. The third-order valence-corrected chi connectivity index (χ3v) is 4.75. The fourth-order valence-electron chi connectivity index (χ4n) is 3.23. The molecule has 2 aromatic rings. The van der Waals surface area contributed by atoms with Gasteiger partial charge in [-0.15, -0.1) is 0 Å². The zero-order valence-electron chi connectivity index (χ0n) is 15.4. The number of amides is 2. The zero-order valence-corrected chi connectivity index (χ0v) is 15.4. The predicted molar refractivity (Wildman–Crippen MR) is 103 cm³/mol. The molecule has 0 saturated carbocycles. The Labute approximate surface area is 158 Å². The van der Waals surface area contributed by atoms with Crippen LogP contribution in [0.3, 0.4) is 0 Å². The van der Waals surface area contributed by atoms with Gasteiger partial charge < -0.3 is 15.5 Å². The van der Waals surface area contributed by atoms with Crippen LogP contribution >= 0.6 is 0 Å². The molecule has 1 aliphatic heterocycles. The van der Waals surface area contributed by atoms with Gasteiger partial charge in [0.15, 0.2) is 0 Å². The fraction of sp³-hybridized carbons (Fsp3) is 0.333. The number of benzene rings is 2. The zero-order chi connectivity index (χ0) is 19.2. The monoisotopic (exact) mass is 369 g/mol. The minimum atomic E-state index is -0.352. The number of hydrogen-bond acceptors (Lipinski definition) is 3. The summed E-state index contributed by atoms with van der Waals surface area (Å²) in [6.45, 7) is 3.59. The van der Waals surface area contributed by atoms with Gasteiger partial charge in [0.25, 0.3) is 0 Å². The Bertz CT molecular complexity index is 824. The summed E-state index contributed by atoms with van der Waals surface area (Å²) in [6, 6.07) is 13.1. The van der Waals surface area contributed by atoms with Crippen molar-refractivity contribution < 1.29 is 14.0 Å². The maximum Gasteiger partial charge on any atom is 0.226 e. The van der Waals surface area contributed by atoms with Crippen molar-refractivity contribution >= 4 is 17.5 Å². The lowest BCUT2D eigenvalue weighted by molar-refractivity contribution is -0.129. The molecule has 0 aliphatic carbocycles. The molecule has 0 radical (unpaired) electrons. The molecule has 0 aromatic heterocycles. The fourth-order valence-corrected chi connectivity index (χ4v) is 3.23. The molecule has 6 heteroatoms. The third-order valence-electron chi connectivity index (χ3n) is 4.75. The van der Waals surface area contributed by atoms with E-state index in [0.29, 0.717) is 25.1 Å². The Kier molecular flexibility index (Phi) is 6.19. The van der Waals surface area contributed by atoms with Crippen LogP contribution in [0.5, 0.6) is 0 Å². The van der Waals surface area contributed by atoms with Gasteiger partial charge in [0.1, 0.15) is 5.82 Å². The topological polar surface area (TPSA) is 61.4 Å². The van der Waals surface area contributed by atoms with Crippen LogP contribution in [0.2, 0.25) is 0 Å². The molecule has 2 N–H and O–H groups in total. The van der Waals surface area contributed by atoms with Crippen LogP contribution in [0, 0.1) is 5.82 Å². The average Bonchev–Trinajstić information content (AvgIpc) is 2.68. The molecule has 3 rings (SSSR count). The maximum atomic E-state index is 14.6. The second-order valence-electron chi connectivity index (χ2n) is 6.72. The number of rotatable bonds is 6. The van der Waals surface area contributed by atoms with Crippen molar-refractivity contribution in [2.24, 2.45) is 0 Å². The SMILES string of the molecule is CC(=O)N(CCC(=O)Nc1ccc2c(c1F)CCNC2)Cc1ccccc1. The Morgan fingerprint density at radius 2 is 1.96 bits per heavy atom. The Hall–Kier alpha value is -2.73. The summed E-state index contributed by atoms with van der Waals surface area (Å²) in [4.78, 5) is 25.8. The van der Waals surface area contributed by atoms with Crippen molar-refractivity contribution in [3.63, 3.8) is 0 Å². The van der Waals surface area contributed by atoms with E-state index < -0.39 is 0 Å². The highest BCUT2D eigenvalue weighted by Gasteiger charge is 2.18. The highest BCUT2D eigenvalue weighted by atomic mass is 19.1. The molecule has 27 heavy (non-hydrogen) atoms. The summed E-state index contributed by atoms with van der Waals surface area (Å²) in [5.74, 6) is -0.753. The van der Waals surface area contributed by atoms with Crippen molar-refractivity contribution in [1.82, 2.24) is 10.2 Å². The number of anilines is 1. The second kappa shape index (κ2) is 8.77. The number of carbonyl (C=O) groups excluding carboxylic acids is 2. The van der Waals surface area contributed by atoms with Crippen molar-refractivity contribution in [2.45, 2.75) is 32.9 Å². The maximum absolute atomic E-state index is 14.6. The minimum Gasteiger partial charge on any atom is -0.338 e. The molecule has 0 fully saturated rings. The molecular weight excluding hydrogens is 345 g/mol. The van der Waals surface area contributed by atoms with Crippen LogP contribution in [-0.4, -0.2) is 29.8 Å². The molecule has 0 saturated heterocycles. The van der Waals surface area contributed by atoms with Gasteiger partial charge in [-0.1, -0.05) is 36.4 Å². The van der Waals surface area contributed by atoms with Gasteiger partial charge in [-0.05, 0) is 35.7 Å². The van der Waals surface area contributed by atoms with E-state index >= 15 is 0 Å². The number of hydrogen-bond donors (Lipinski definition) is 2. The molecule has 142 valence electrons. The molecule has 0 bridgehead atoms. The van der Waals surface area contributed by atoms with Crippen LogP contribution in [0.4, 0.5) is 10.1 Å². The number of carbonyl (C=O) groups is 2. The van der Waals surface area contributed by atoms with E-state index in [1.54, 1.807) is 11.0 Å². The van der Waals surface area contributed by atoms with E-state index in [0.717, 1.165) is 17.7 Å². The summed E-state index contributed by atoms with van der Waals surface area (Å²) >= 11 is 0. The molecule has 0 spiro atoms. The first-order valence-electron chi connectivity index (χ1n) is 9.15. The Morgan fingerprint density at radius 1 is 1.19 bits per heavy atom. The quantitative estimate of drug-likeness (QED) is 0.823. The third kappa shape index (κ3) is 4.92. The summed E-state index contributed by atoms with van der Waals surface area (Å²) in [6.07, 6.45) is 0.727. The highest BCUT2D eigenvalue weighted by molar-refractivity contribution is 5.91. The number of nitrogens with zero attached hydrogens (tertiary/aromatic N) is 1. The Balaban J connectivity index is 1.59. The summed E-state index contributed by atoms with van der Waals surface area (Å²) < 4.78 is 14.6. The molecule has 2 amide bonds. The highest BCUT2D eigenvalue weighted by Crippen LogP contribution is 2.24. The van der Waals surface area contributed by atoms with Gasteiger partial charge in [-0.3, -0.25) is 9.59 Å². The standard InChI is InChI=1S/C21H24FN3O2/c1-15(26)25(14-16-5-3-2-4-6-16)12-10-20(27)24-19-8-7-17-13-23-11-9-18(17)21(19)22/h2-8,23H,9-14H2,1H3,(H,24,27). The molecule has 5 nitrogen and oxygen atoms in total. The van der Waals surface area contributed by atoms with E-state index in [1.165, 1.54) is 6.92 Å². The smallest absolute Gasteiger partial charge is 0.226 e. The van der Waals surface area contributed by atoms with E-state index in [9.17, 15) is 14.0 Å². The summed E-state index contributed by atoms with van der Waals surface area (Å²) in [5.41, 5.74) is 2.81. The van der Waals surface area contributed by atoms with Gasteiger partial charge in [0, 0.05) is 33.0 Å². The van der Waals surface area contributed by atoms with E-state index in [2.05, 4.69) is 10.6 Å². The predicted octanol–water partition coefficient (Wildman–Crippen LogP) is 2.85. The number of halogens is 1. The van der Waals surface area contributed by atoms with E-state index in [-0.39, 0.29) is 36.3 Å². The number of fused-ring (bicyclic) bond motifs is 1. The van der Waals surface area contributed by atoms with Crippen LogP contribution in [0.25, 0.3) is 0 Å². The van der Waals surface area contributed by atoms with Crippen molar-refractivity contribution in [2.75, 3.05) is 18.4 Å². The molecule has 1 heterocycles. The van der Waals surface area contributed by atoms with Crippen LogP contribution in [-0.2, 0) is 29.1 Å². The second-order valence-corrected chi connectivity index (χ2v) is 6.72. The van der Waals surface area contributed by atoms with Gasteiger partial charge >= 0.3 is 0 Å². The lowest BCUT2D eigenvalue weighted by Crippen LogP contribution is -2.31. The molecule has 0 unspecified atom stereocenters. The number of nitrogens with one attached hydrogen (secondary N) is 2. The lowest BCUT2D eigenvalue weighted by atomic mass is 9.99. The first-order valence-corrected chi connectivity index (χ1v) is 9.15. The van der Waals surface area contributed by atoms with Gasteiger partial charge in [0.2, 0.25) is 11.8 Å². The molecule has 2 aromatic carbocycles. The minimum absolute atomic E-state index is 0.0980. The largest absolute Gasteiger partial charge is 0.338 e. The summed E-state index contributed by atoms with van der Waals surface area (Å²) in [7, 11) is 0. The summed E-state index contributed by atoms with van der Waals surface area (Å²) in [5, 5.41) is 5.85. The van der Waals surface area contributed by atoms with Crippen LogP contribution in [0.1, 0.15) is 30.0 Å².